The van der Waals surface area contributed by atoms with E-state index in [4.69, 9.17) is 0 Å². The zero-order chi connectivity index (χ0) is 20.2. The summed E-state index contributed by atoms with van der Waals surface area (Å²) in [6, 6.07) is 11.4. The van der Waals surface area contributed by atoms with Crippen LogP contribution in [0.5, 0.6) is 0 Å². The van der Waals surface area contributed by atoms with Crippen LogP contribution in [-0.4, -0.2) is 40.1 Å². The maximum absolute atomic E-state index is 12.7. The molecule has 7 nitrogen and oxygen atoms in total. The Hall–Kier alpha value is -2.74. The number of piperidine rings is 1. The van der Waals surface area contributed by atoms with Crippen LogP contribution in [-0.2, 0) is 6.42 Å². The number of rotatable bonds is 6. The molecule has 152 valence electrons. The van der Waals surface area contributed by atoms with Gasteiger partial charge in [0.1, 0.15) is 5.69 Å². The second kappa shape index (κ2) is 8.73. The van der Waals surface area contributed by atoms with E-state index in [2.05, 4.69) is 39.4 Å². The Balaban J connectivity index is 1.47. The Morgan fingerprint density at radius 2 is 2.14 bits per heavy atom. The molecule has 1 aliphatic heterocycles. The Morgan fingerprint density at radius 3 is 2.93 bits per heavy atom. The molecule has 1 aromatic carbocycles. The van der Waals surface area contributed by atoms with E-state index in [1.807, 2.05) is 18.2 Å². The van der Waals surface area contributed by atoms with Crippen LogP contribution in [0.4, 0.5) is 5.13 Å². The van der Waals surface area contributed by atoms with Gasteiger partial charge in [0.15, 0.2) is 0 Å². The van der Waals surface area contributed by atoms with Gasteiger partial charge in [-0.2, -0.15) is 9.50 Å². The predicted octanol–water partition coefficient (Wildman–Crippen LogP) is 2.75. The van der Waals surface area contributed by atoms with Gasteiger partial charge in [0, 0.05) is 25.7 Å². The summed E-state index contributed by atoms with van der Waals surface area (Å²) in [4.78, 5) is 31.5. The minimum atomic E-state index is -0.415. The van der Waals surface area contributed by atoms with E-state index >= 15 is 0 Å². The average molecular weight is 412 g/mol. The zero-order valence-electron chi connectivity index (χ0n) is 16.5. The summed E-state index contributed by atoms with van der Waals surface area (Å²) in [5.41, 5.74) is 1.07. The van der Waals surface area contributed by atoms with Crippen LogP contribution in [0, 0.1) is 5.92 Å². The summed E-state index contributed by atoms with van der Waals surface area (Å²) >= 11 is 1.36. The smallest absolute Gasteiger partial charge is 0.274 e. The molecule has 1 saturated heterocycles. The van der Waals surface area contributed by atoms with Crippen LogP contribution in [0.1, 0.15) is 42.2 Å². The van der Waals surface area contributed by atoms with Gasteiger partial charge in [-0.25, -0.2) is 0 Å². The van der Waals surface area contributed by atoms with Gasteiger partial charge in [0.2, 0.25) is 10.1 Å². The molecule has 0 unspecified atom stereocenters. The van der Waals surface area contributed by atoms with Crippen molar-refractivity contribution in [1.82, 2.24) is 19.9 Å². The highest BCUT2D eigenvalue weighted by atomic mass is 32.1. The van der Waals surface area contributed by atoms with E-state index < -0.39 is 5.56 Å². The number of carbonyl (C=O) groups is 1. The van der Waals surface area contributed by atoms with Crippen LogP contribution in [0.25, 0.3) is 4.96 Å². The fourth-order valence-electron chi connectivity index (χ4n) is 3.69. The molecule has 4 rings (SSSR count). The van der Waals surface area contributed by atoms with Crippen molar-refractivity contribution in [2.24, 2.45) is 5.92 Å². The number of aryl methyl sites for hydroxylation is 1. The summed E-state index contributed by atoms with van der Waals surface area (Å²) in [6.07, 6.45) is 4.05. The van der Waals surface area contributed by atoms with Gasteiger partial charge in [-0.15, -0.1) is 5.10 Å². The molecule has 0 saturated carbocycles. The first kappa shape index (κ1) is 19.6. The summed E-state index contributed by atoms with van der Waals surface area (Å²) in [5.74, 6) is 0.313. The lowest BCUT2D eigenvalue weighted by molar-refractivity contribution is 0.0945. The molecule has 0 bridgehead atoms. The maximum atomic E-state index is 12.7. The van der Waals surface area contributed by atoms with Gasteiger partial charge in [0.25, 0.3) is 11.5 Å². The van der Waals surface area contributed by atoms with Crippen molar-refractivity contribution >= 4 is 27.3 Å². The maximum Gasteiger partial charge on any atom is 0.274 e. The van der Waals surface area contributed by atoms with Gasteiger partial charge in [-0.3, -0.25) is 9.59 Å². The SMILES string of the molecule is C[C@H]1CCCN(c2nn3c(C(=O)NCCCc4ccccc4)cc(=O)nc3s2)C1. The van der Waals surface area contributed by atoms with Crippen LogP contribution in [0.2, 0.25) is 0 Å². The van der Waals surface area contributed by atoms with Gasteiger partial charge in [-0.1, -0.05) is 48.6 Å². The number of aromatic nitrogens is 3. The van der Waals surface area contributed by atoms with Crippen molar-refractivity contribution in [2.45, 2.75) is 32.6 Å². The highest BCUT2D eigenvalue weighted by Gasteiger charge is 2.22. The first-order valence-electron chi connectivity index (χ1n) is 10.1. The van der Waals surface area contributed by atoms with Crippen molar-refractivity contribution in [2.75, 3.05) is 24.5 Å². The number of fused-ring (bicyclic) bond motifs is 1. The van der Waals surface area contributed by atoms with Crippen molar-refractivity contribution in [1.29, 1.82) is 0 Å². The normalized spacial score (nSPS) is 16.9. The molecule has 1 atom stereocenters. The number of hydrogen-bond acceptors (Lipinski definition) is 6. The minimum absolute atomic E-state index is 0.243. The van der Waals surface area contributed by atoms with Crippen molar-refractivity contribution in [3.05, 3.63) is 58.0 Å². The van der Waals surface area contributed by atoms with Gasteiger partial charge >= 0.3 is 0 Å². The third kappa shape index (κ3) is 4.64. The second-order valence-corrected chi connectivity index (χ2v) is 8.53. The van der Waals surface area contributed by atoms with Crippen molar-refractivity contribution in [3.63, 3.8) is 0 Å². The monoisotopic (exact) mass is 411 g/mol. The summed E-state index contributed by atoms with van der Waals surface area (Å²) < 4.78 is 1.51. The lowest BCUT2D eigenvalue weighted by Gasteiger charge is -2.30. The standard InChI is InChI=1S/C21H25N5O2S/c1-15-7-6-12-25(14-15)21-24-26-17(13-18(27)23-20(26)29-21)19(28)22-11-5-10-16-8-3-2-4-9-16/h2-4,8-9,13,15H,5-7,10-12,14H2,1H3,(H,22,28)/t15-/m0/s1. The fraction of sp³-hybridized carbons (Fsp3) is 0.429. The summed E-state index contributed by atoms with van der Waals surface area (Å²) in [5, 5.41) is 8.33. The molecule has 3 heterocycles. The number of amides is 1. The lowest BCUT2D eigenvalue weighted by atomic mass is 10.0. The summed E-state index contributed by atoms with van der Waals surface area (Å²) in [7, 11) is 0. The molecule has 0 spiro atoms. The number of carbonyl (C=O) groups excluding carboxylic acids is 1. The lowest BCUT2D eigenvalue weighted by Crippen LogP contribution is -2.34. The minimum Gasteiger partial charge on any atom is -0.351 e. The molecule has 8 heteroatoms. The van der Waals surface area contributed by atoms with Gasteiger partial charge in [-0.05, 0) is 37.2 Å². The van der Waals surface area contributed by atoms with E-state index in [1.165, 1.54) is 33.9 Å². The third-order valence-corrected chi connectivity index (χ3v) is 6.14. The molecule has 1 aliphatic rings. The van der Waals surface area contributed by atoms with Gasteiger partial charge < -0.3 is 10.2 Å². The van der Waals surface area contributed by atoms with Crippen LogP contribution in [0.3, 0.4) is 0 Å². The fourth-order valence-corrected chi connectivity index (χ4v) is 4.63. The molecule has 1 amide bonds. The van der Waals surface area contributed by atoms with E-state index in [-0.39, 0.29) is 11.6 Å². The highest BCUT2D eigenvalue weighted by Crippen LogP contribution is 2.27. The Morgan fingerprint density at radius 1 is 1.31 bits per heavy atom. The van der Waals surface area contributed by atoms with Crippen LogP contribution < -0.4 is 15.8 Å². The van der Waals surface area contributed by atoms with E-state index in [0.29, 0.717) is 17.4 Å². The Labute approximate surface area is 173 Å². The first-order valence-corrected chi connectivity index (χ1v) is 10.9. The van der Waals surface area contributed by atoms with Crippen LogP contribution >= 0.6 is 11.3 Å². The number of hydrogen-bond donors (Lipinski definition) is 1. The topological polar surface area (TPSA) is 79.6 Å². The van der Waals surface area contributed by atoms with E-state index in [0.717, 1.165) is 37.5 Å². The largest absolute Gasteiger partial charge is 0.351 e. The highest BCUT2D eigenvalue weighted by molar-refractivity contribution is 7.20. The quantitative estimate of drug-likeness (QED) is 0.631. The first-order chi connectivity index (χ1) is 14.1. The predicted molar refractivity (Wildman–Crippen MR) is 115 cm³/mol. The van der Waals surface area contributed by atoms with Crippen molar-refractivity contribution in [3.8, 4) is 0 Å². The summed E-state index contributed by atoms with van der Waals surface area (Å²) in [6.45, 7) is 4.64. The van der Waals surface area contributed by atoms with E-state index in [1.54, 1.807) is 0 Å². The molecule has 2 aromatic heterocycles. The zero-order valence-corrected chi connectivity index (χ0v) is 17.3. The molecular formula is C21H25N5O2S. The number of nitrogens with zero attached hydrogens (tertiary/aromatic N) is 4. The molecule has 29 heavy (non-hydrogen) atoms. The molecule has 3 aromatic rings. The third-order valence-electron chi connectivity index (χ3n) is 5.17. The number of benzene rings is 1. The molecule has 1 N–H and O–H groups in total. The van der Waals surface area contributed by atoms with Crippen molar-refractivity contribution < 1.29 is 4.79 Å². The van der Waals surface area contributed by atoms with E-state index in [9.17, 15) is 9.59 Å². The molecular weight excluding hydrogens is 386 g/mol. The molecule has 0 radical (unpaired) electrons. The Bertz CT molecular complexity index is 1050. The van der Waals surface area contributed by atoms with Crippen LogP contribution in [0.15, 0.2) is 41.2 Å². The average Bonchev–Trinajstić information content (AvgIpc) is 3.15. The molecule has 0 aliphatic carbocycles. The van der Waals surface area contributed by atoms with Gasteiger partial charge in [0.05, 0.1) is 0 Å². The number of nitrogens with one attached hydrogen (secondary N) is 1. The molecule has 1 fully saturated rings. The number of anilines is 1. The second-order valence-electron chi connectivity index (χ2n) is 7.60. The Kier molecular flexibility index (Phi) is 5.89.